The minimum absolute atomic E-state index is 0.0600. The van der Waals surface area contributed by atoms with E-state index in [-0.39, 0.29) is 26.2 Å². The molecule has 1 saturated heterocycles. The van der Waals surface area contributed by atoms with Gasteiger partial charge < -0.3 is 0 Å². The van der Waals surface area contributed by atoms with Gasteiger partial charge >= 0.3 is 0 Å². The molecule has 2 unspecified atom stereocenters. The van der Waals surface area contributed by atoms with Gasteiger partial charge in [-0.05, 0) is 25.7 Å². The predicted octanol–water partition coefficient (Wildman–Crippen LogP) is 3.12. The summed E-state index contributed by atoms with van der Waals surface area (Å²) < 4.78 is 26.4. The van der Waals surface area contributed by atoms with E-state index in [1.54, 1.807) is 0 Å². The molecule has 1 aliphatic rings. The molecule has 2 atom stereocenters. The molecule has 0 radical (unpaired) electrons. The summed E-state index contributed by atoms with van der Waals surface area (Å²) in [7, 11) is -3.72. The molecule has 0 amide bonds. The summed E-state index contributed by atoms with van der Waals surface area (Å²) in [6.45, 7) is 4.29. The first-order valence-corrected chi connectivity index (χ1v) is 8.82. The van der Waals surface area contributed by atoms with Gasteiger partial charge in [0.2, 0.25) is 0 Å². The monoisotopic (exact) mass is 338 g/mol. The molecule has 9 heteroatoms. The highest BCUT2D eigenvalue weighted by atomic mass is 35.5. The molecule has 2 rings (SSSR count). The van der Waals surface area contributed by atoms with Gasteiger partial charge in [-0.15, -0.1) is 11.3 Å². The molecule has 0 aromatic carbocycles. The maximum absolute atomic E-state index is 12.6. The van der Waals surface area contributed by atoms with Crippen LogP contribution in [0.15, 0.2) is 10.3 Å². The third-order valence-electron chi connectivity index (χ3n) is 3.47. The number of hydrogen-bond donors (Lipinski definition) is 0. The van der Waals surface area contributed by atoms with Crippen LogP contribution in [0.2, 0.25) is 4.34 Å². The Labute approximate surface area is 126 Å². The van der Waals surface area contributed by atoms with Crippen LogP contribution < -0.4 is 0 Å². The molecule has 20 heavy (non-hydrogen) atoms. The molecule has 1 fully saturated rings. The Morgan fingerprint density at radius 2 is 2.10 bits per heavy atom. The molecule has 2 heterocycles. The van der Waals surface area contributed by atoms with Crippen LogP contribution in [0.1, 0.15) is 26.7 Å². The van der Waals surface area contributed by atoms with Crippen LogP contribution in [0.5, 0.6) is 0 Å². The van der Waals surface area contributed by atoms with Gasteiger partial charge in [0.05, 0.1) is 4.92 Å². The predicted molar refractivity (Wildman–Crippen MR) is 77.7 cm³/mol. The van der Waals surface area contributed by atoms with Crippen molar-refractivity contribution < 1.29 is 13.3 Å². The highest BCUT2D eigenvalue weighted by Gasteiger charge is 2.36. The summed E-state index contributed by atoms with van der Waals surface area (Å²) in [5.74, 6) is 0.284. The van der Waals surface area contributed by atoms with Crippen molar-refractivity contribution in [1.82, 2.24) is 4.31 Å². The van der Waals surface area contributed by atoms with Gasteiger partial charge in [0, 0.05) is 18.7 Å². The molecule has 0 saturated carbocycles. The van der Waals surface area contributed by atoms with Gasteiger partial charge in [0.25, 0.3) is 15.7 Å². The number of piperidine rings is 1. The molecule has 0 N–H and O–H groups in total. The number of hydrogen-bond acceptors (Lipinski definition) is 5. The quantitative estimate of drug-likeness (QED) is 0.626. The molecular formula is C11H15ClN2O4S2. The molecule has 0 bridgehead atoms. The second-order valence-electron chi connectivity index (χ2n) is 5.09. The topological polar surface area (TPSA) is 80.5 Å². The first-order chi connectivity index (χ1) is 9.23. The van der Waals surface area contributed by atoms with Crippen LogP contribution in [0, 0.1) is 16.0 Å². The Morgan fingerprint density at radius 1 is 1.45 bits per heavy atom. The summed E-state index contributed by atoms with van der Waals surface area (Å²) in [6.07, 6.45) is 1.78. The van der Waals surface area contributed by atoms with E-state index in [0.29, 0.717) is 6.54 Å². The molecule has 0 spiro atoms. The van der Waals surface area contributed by atoms with Crippen LogP contribution in [-0.4, -0.2) is 30.2 Å². The summed E-state index contributed by atoms with van der Waals surface area (Å²) in [6, 6.07) is 0.949. The number of sulfonamides is 1. The van der Waals surface area contributed by atoms with E-state index in [2.05, 4.69) is 0 Å². The van der Waals surface area contributed by atoms with E-state index in [1.165, 1.54) is 4.31 Å². The van der Waals surface area contributed by atoms with Gasteiger partial charge in [-0.2, -0.15) is 4.31 Å². The zero-order chi connectivity index (χ0) is 15.1. The van der Waals surface area contributed by atoms with Crippen molar-refractivity contribution in [2.75, 3.05) is 6.54 Å². The highest BCUT2D eigenvalue weighted by Crippen LogP contribution is 2.39. The Bertz CT molecular complexity index is 628. The molecule has 1 aromatic heterocycles. The summed E-state index contributed by atoms with van der Waals surface area (Å²) in [4.78, 5) is 10.1. The van der Waals surface area contributed by atoms with Gasteiger partial charge in [0.15, 0.2) is 4.34 Å². The fourth-order valence-corrected chi connectivity index (χ4v) is 5.86. The maximum Gasteiger partial charge on any atom is 0.300 e. The molecule has 112 valence electrons. The van der Waals surface area contributed by atoms with Crippen LogP contribution in [0.3, 0.4) is 0 Å². The lowest BCUT2D eigenvalue weighted by Crippen LogP contribution is -2.44. The summed E-state index contributed by atoms with van der Waals surface area (Å²) in [5.41, 5.74) is -0.354. The SMILES string of the molecule is CC1CCC(C)N(S(=O)(=O)c2cc([N+](=O)[O-])c(Cl)s2)C1. The third kappa shape index (κ3) is 2.83. The largest absolute Gasteiger partial charge is 0.300 e. The number of thiophene rings is 1. The van der Waals surface area contributed by atoms with Crippen LogP contribution in [0.25, 0.3) is 0 Å². The fourth-order valence-electron chi connectivity index (χ4n) is 2.29. The van der Waals surface area contributed by atoms with E-state index in [0.717, 1.165) is 30.2 Å². The smallest absolute Gasteiger partial charge is 0.258 e. The first kappa shape index (κ1) is 15.7. The molecule has 0 aliphatic carbocycles. The Morgan fingerprint density at radius 3 is 2.65 bits per heavy atom. The number of halogens is 1. The van der Waals surface area contributed by atoms with E-state index < -0.39 is 14.9 Å². The van der Waals surface area contributed by atoms with Gasteiger partial charge in [-0.25, -0.2) is 8.42 Å². The Kier molecular flexibility index (Phi) is 4.38. The van der Waals surface area contributed by atoms with Crippen molar-refractivity contribution in [2.24, 2.45) is 5.92 Å². The van der Waals surface area contributed by atoms with Crippen molar-refractivity contribution >= 4 is 38.6 Å². The maximum atomic E-state index is 12.6. The lowest BCUT2D eigenvalue weighted by molar-refractivity contribution is -0.384. The van der Waals surface area contributed by atoms with E-state index in [9.17, 15) is 18.5 Å². The van der Waals surface area contributed by atoms with Crippen LogP contribution in [0.4, 0.5) is 5.69 Å². The highest BCUT2D eigenvalue weighted by molar-refractivity contribution is 7.91. The van der Waals surface area contributed by atoms with Gasteiger partial charge in [0.1, 0.15) is 4.21 Å². The standard InChI is InChI=1S/C11H15ClN2O4S2/c1-7-3-4-8(2)13(6-7)20(17,18)10-5-9(14(15)16)11(12)19-10/h5,7-8H,3-4,6H2,1-2H3. The van der Waals surface area contributed by atoms with Crippen molar-refractivity contribution in [2.45, 2.75) is 36.9 Å². The summed E-state index contributed by atoms with van der Waals surface area (Å²) >= 11 is 6.48. The fraction of sp³-hybridized carbons (Fsp3) is 0.636. The lowest BCUT2D eigenvalue weighted by atomic mass is 9.97. The lowest BCUT2D eigenvalue weighted by Gasteiger charge is -2.35. The molecular weight excluding hydrogens is 324 g/mol. The Balaban J connectivity index is 2.39. The third-order valence-corrected chi connectivity index (χ3v) is 7.23. The van der Waals surface area contributed by atoms with Crippen molar-refractivity contribution in [1.29, 1.82) is 0 Å². The van der Waals surface area contributed by atoms with Gasteiger partial charge in [-0.3, -0.25) is 10.1 Å². The number of nitro groups is 1. The minimum atomic E-state index is -3.72. The van der Waals surface area contributed by atoms with E-state index >= 15 is 0 Å². The second kappa shape index (κ2) is 5.59. The summed E-state index contributed by atoms with van der Waals surface area (Å²) in [5, 5.41) is 10.8. The average Bonchev–Trinajstić information content (AvgIpc) is 2.75. The number of nitrogens with zero attached hydrogens (tertiary/aromatic N) is 2. The van der Waals surface area contributed by atoms with Crippen LogP contribution >= 0.6 is 22.9 Å². The normalized spacial score (nSPS) is 24.8. The van der Waals surface area contributed by atoms with E-state index in [1.807, 2.05) is 13.8 Å². The van der Waals surface area contributed by atoms with Gasteiger partial charge in [-0.1, -0.05) is 18.5 Å². The van der Waals surface area contributed by atoms with Crippen LogP contribution in [-0.2, 0) is 10.0 Å². The zero-order valence-corrected chi connectivity index (χ0v) is 13.5. The van der Waals surface area contributed by atoms with E-state index in [4.69, 9.17) is 11.6 Å². The zero-order valence-electron chi connectivity index (χ0n) is 11.1. The van der Waals surface area contributed by atoms with Crippen molar-refractivity contribution in [3.05, 3.63) is 20.5 Å². The molecule has 1 aliphatic heterocycles. The first-order valence-electron chi connectivity index (χ1n) is 6.19. The minimum Gasteiger partial charge on any atom is -0.258 e. The van der Waals surface area contributed by atoms with Crippen molar-refractivity contribution in [3.8, 4) is 0 Å². The molecule has 6 nitrogen and oxygen atoms in total. The number of rotatable bonds is 3. The van der Waals surface area contributed by atoms with Crippen molar-refractivity contribution in [3.63, 3.8) is 0 Å². The Hall–Kier alpha value is -0.700. The second-order valence-corrected chi connectivity index (χ2v) is 8.86. The average molecular weight is 339 g/mol. The molecule has 1 aromatic rings.